The van der Waals surface area contributed by atoms with Crippen LogP contribution < -0.4 is 14.8 Å². The molecule has 0 aliphatic rings. The molecule has 1 amide bonds. The number of hydrogen-bond acceptors (Lipinski definition) is 6. The minimum Gasteiger partial charge on any atom is -0.490 e. The van der Waals surface area contributed by atoms with Gasteiger partial charge in [0.25, 0.3) is 5.91 Å². The smallest absolute Gasteiger partial charge is 0.262 e. The molecular weight excluding hydrogens is 356 g/mol. The molecule has 0 saturated carbocycles. The second-order valence-corrected chi connectivity index (χ2v) is 7.17. The maximum Gasteiger partial charge on any atom is 0.262 e. The fourth-order valence-corrected chi connectivity index (χ4v) is 3.78. The Bertz CT molecular complexity index is 880. The Kier molecular flexibility index (Phi) is 5.78. The molecule has 1 aromatic heterocycles. The quantitative estimate of drug-likeness (QED) is 0.620. The van der Waals surface area contributed by atoms with Crippen molar-refractivity contribution in [1.82, 2.24) is 4.98 Å². The molecule has 0 saturated heterocycles. The fourth-order valence-electron chi connectivity index (χ4n) is 2.25. The predicted octanol–water partition coefficient (Wildman–Crippen LogP) is 4.43. The molecule has 25 heavy (non-hydrogen) atoms. The summed E-state index contributed by atoms with van der Waals surface area (Å²) >= 11 is 3.22. The number of fused-ring (bicyclic) bond motifs is 1. The number of carbonyl (C=O) groups is 1. The molecule has 1 N–H and O–H groups in total. The van der Waals surface area contributed by atoms with Crippen LogP contribution in [0, 0.1) is 0 Å². The number of aromatic nitrogens is 1. The summed E-state index contributed by atoms with van der Waals surface area (Å²) in [6, 6.07) is 13.0. The van der Waals surface area contributed by atoms with E-state index >= 15 is 0 Å². The van der Waals surface area contributed by atoms with Crippen molar-refractivity contribution in [2.24, 2.45) is 0 Å². The lowest BCUT2D eigenvalue weighted by molar-refractivity contribution is -0.118. The van der Waals surface area contributed by atoms with Gasteiger partial charge in [-0.25, -0.2) is 4.98 Å². The molecule has 0 spiro atoms. The Labute approximate surface area is 154 Å². The van der Waals surface area contributed by atoms with E-state index in [1.807, 2.05) is 49.6 Å². The fraction of sp³-hybridized carbons (Fsp3) is 0.222. The lowest BCUT2D eigenvalue weighted by Gasteiger charge is -2.11. The van der Waals surface area contributed by atoms with E-state index in [9.17, 15) is 4.79 Å². The molecule has 0 fully saturated rings. The summed E-state index contributed by atoms with van der Waals surface area (Å²) in [7, 11) is 0. The molecule has 7 heteroatoms. The van der Waals surface area contributed by atoms with Gasteiger partial charge in [-0.2, -0.15) is 0 Å². The normalized spacial score (nSPS) is 10.6. The zero-order chi connectivity index (χ0) is 17.6. The molecule has 5 nitrogen and oxygen atoms in total. The van der Waals surface area contributed by atoms with E-state index in [2.05, 4.69) is 10.3 Å². The van der Waals surface area contributed by atoms with Crippen molar-refractivity contribution in [1.29, 1.82) is 0 Å². The number of nitrogens with zero attached hydrogens (tertiary/aromatic N) is 1. The van der Waals surface area contributed by atoms with Crippen molar-refractivity contribution < 1.29 is 14.3 Å². The number of nitrogens with one attached hydrogen (secondary N) is 1. The first-order chi connectivity index (χ1) is 12.2. The molecule has 0 bridgehead atoms. The summed E-state index contributed by atoms with van der Waals surface area (Å²) in [6.07, 6.45) is 2.00. The van der Waals surface area contributed by atoms with Crippen molar-refractivity contribution >= 4 is 44.9 Å². The summed E-state index contributed by atoms with van der Waals surface area (Å²) in [5, 5.41) is 2.85. The number of anilines is 1. The first-order valence-corrected chi connectivity index (χ1v) is 9.82. The van der Waals surface area contributed by atoms with Crippen molar-refractivity contribution in [3.05, 3.63) is 42.5 Å². The number of hydrogen-bond donors (Lipinski definition) is 1. The Morgan fingerprint density at radius 3 is 2.68 bits per heavy atom. The van der Waals surface area contributed by atoms with E-state index in [0.717, 1.165) is 20.2 Å². The highest BCUT2D eigenvalue weighted by atomic mass is 32.2. The summed E-state index contributed by atoms with van der Waals surface area (Å²) in [5.41, 5.74) is 1.67. The standard InChI is InChI=1S/C18H18N2O3S2/c1-3-22-14-6-4-5-7-15(14)23-11-17(21)19-12-8-9-13-16(10-12)25-18(20-13)24-2/h4-10H,3,11H2,1-2H3,(H,19,21). The van der Waals surface area contributed by atoms with Crippen LogP contribution in [0.25, 0.3) is 10.2 Å². The van der Waals surface area contributed by atoms with Crippen molar-refractivity contribution in [3.63, 3.8) is 0 Å². The van der Waals surface area contributed by atoms with Crippen molar-refractivity contribution in [3.8, 4) is 11.5 Å². The van der Waals surface area contributed by atoms with Gasteiger partial charge in [0.15, 0.2) is 22.4 Å². The highest BCUT2D eigenvalue weighted by molar-refractivity contribution is 8.00. The largest absolute Gasteiger partial charge is 0.490 e. The van der Waals surface area contributed by atoms with Crippen LogP contribution in [0.2, 0.25) is 0 Å². The summed E-state index contributed by atoms with van der Waals surface area (Å²) < 4.78 is 13.1. The van der Waals surface area contributed by atoms with Crippen molar-refractivity contribution in [2.45, 2.75) is 11.3 Å². The number of amides is 1. The number of ether oxygens (including phenoxy) is 2. The zero-order valence-corrected chi connectivity index (χ0v) is 15.6. The van der Waals surface area contributed by atoms with Gasteiger partial charge in [0.2, 0.25) is 0 Å². The Morgan fingerprint density at radius 1 is 1.20 bits per heavy atom. The predicted molar refractivity (Wildman–Crippen MR) is 103 cm³/mol. The first kappa shape index (κ1) is 17.6. The van der Waals surface area contributed by atoms with Crippen molar-refractivity contribution in [2.75, 3.05) is 24.8 Å². The van der Waals surface area contributed by atoms with Crippen LogP contribution in [0.1, 0.15) is 6.92 Å². The number of thioether (sulfide) groups is 1. The molecule has 0 unspecified atom stereocenters. The van der Waals surface area contributed by atoms with Crippen LogP contribution >= 0.6 is 23.1 Å². The third-order valence-electron chi connectivity index (χ3n) is 3.33. The Hall–Kier alpha value is -2.25. The molecule has 3 aromatic rings. The average Bonchev–Trinajstić information content (AvgIpc) is 3.04. The van der Waals surface area contributed by atoms with Crippen LogP contribution in [-0.4, -0.2) is 30.4 Å². The zero-order valence-electron chi connectivity index (χ0n) is 13.9. The molecule has 0 aliphatic carbocycles. The molecule has 0 radical (unpaired) electrons. The van der Waals surface area contributed by atoms with Crippen LogP contribution in [0.4, 0.5) is 5.69 Å². The minimum atomic E-state index is -0.222. The van der Waals surface area contributed by atoms with Gasteiger partial charge >= 0.3 is 0 Å². The minimum absolute atomic E-state index is 0.0825. The van der Waals surface area contributed by atoms with E-state index in [1.165, 1.54) is 0 Å². The second kappa shape index (κ2) is 8.22. The third-order valence-corrected chi connectivity index (χ3v) is 5.34. The molecule has 130 valence electrons. The number of rotatable bonds is 7. The van der Waals surface area contributed by atoms with Gasteiger partial charge in [-0.15, -0.1) is 11.3 Å². The van der Waals surface area contributed by atoms with Gasteiger partial charge in [-0.05, 0) is 43.5 Å². The lowest BCUT2D eigenvalue weighted by Crippen LogP contribution is -2.20. The van der Waals surface area contributed by atoms with E-state index in [0.29, 0.717) is 18.1 Å². The van der Waals surface area contributed by atoms with E-state index in [-0.39, 0.29) is 12.5 Å². The van der Waals surface area contributed by atoms with E-state index in [4.69, 9.17) is 9.47 Å². The lowest BCUT2D eigenvalue weighted by atomic mass is 10.3. The van der Waals surface area contributed by atoms with Gasteiger partial charge in [0, 0.05) is 5.69 Å². The Balaban J connectivity index is 1.63. The van der Waals surface area contributed by atoms with E-state index in [1.54, 1.807) is 29.2 Å². The summed E-state index contributed by atoms with van der Waals surface area (Å²) in [4.78, 5) is 16.6. The van der Waals surface area contributed by atoms with E-state index < -0.39 is 0 Å². The molecule has 0 aliphatic heterocycles. The maximum absolute atomic E-state index is 12.2. The van der Waals surface area contributed by atoms with Crippen LogP contribution in [0.15, 0.2) is 46.8 Å². The Morgan fingerprint density at radius 2 is 1.96 bits per heavy atom. The summed E-state index contributed by atoms with van der Waals surface area (Å²) in [6.45, 7) is 2.36. The van der Waals surface area contributed by atoms with Gasteiger partial charge in [-0.3, -0.25) is 4.79 Å². The average molecular weight is 374 g/mol. The maximum atomic E-state index is 12.2. The number of benzene rings is 2. The number of carbonyl (C=O) groups excluding carboxylic acids is 1. The van der Waals surface area contributed by atoms with Crippen LogP contribution in [-0.2, 0) is 4.79 Å². The molecule has 2 aromatic carbocycles. The SMILES string of the molecule is CCOc1ccccc1OCC(=O)Nc1ccc2nc(SC)sc2c1. The topological polar surface area (TPSA) is 60.5 Å². The number of para-hydroxylation sites is 2. The van der Waals surface area contributed by atoms with Gasteiger partial charge in [-0.1, -0.05) is 23.9 Å². The van der Waals surface area contributed by atoms with Gasteiger partial charge in [0.1, 0.15) is 0 Å². The van der Waals surface area contributed by atoms with Crippen LogP contribution in [0.3, 0.4) is 0 Å². The molecule has 1 heterocycles. The van der Waals surface area contributed by atoms with Crippen LogP contribution in [0.5, 0.6) is 11.5 Å². The summed E-state index contributed by atoms with van der Waals surface area (Å²) in [5.74, 6) is 0.968. The van der Waals surface area contributed by atoms with Gasteiger partial charge < -0.3 is 14.8 Å². The van der Waals surface area contributed by atoms with Gasteiger partial charge in [0.05, 0.1) is 16.8 Å². The molecule has 0 atom stereocenters. The highest BCUT2D eigenvalue weighted by Crippen LogP contribution is 2.30. The number of thiazole rings is 1. The first-order valence-electron chi connectivity index (χ1n) is 7.78. The second-order valence-electron chi connectivity index (χ2n) is 5.08. The molecule has 3 rings (SSSR count). The molecular formula is C18H18N2O3S2. The highest BCUT2D eigenvalue weighted by Gasteiger charge is 2.09. The monoisotopic (exact) mass is 374 g/mol. The third kappa shape index (κ3) is 4.43.